The minimum Gasteiger partial charge on any atom is -0.326 e. The number of carbonyl (C=O) groups is 3. The van der Waals surface area contributed by atoms with Gasteiger partial charge in [0.15, 0.2) is 0 Å². The van der Waals surface area contributed by atoms with Crippen molar-refractivity contribution in [2.24, 2.45) is 11.8 Å². The first-order chi connectivity index (χ1) is 17.2. The van der Waals surface area contributed by atoms with Crippen LogP contribution in [0.5, 0.6) is 0 Å². The number of aryl methyl sites for hydroxylation is 1. The van der Waals surface area contributed by atoms with E-state index in [9.17, 15) is 14.4 Å². The molecule has 7 rings (SSSR count). The van der Waals surface area contributed by atoms with E-state index in [1.165, 1.54) is 4.90 Å². The predicted molar refractivity (Wildman–Crippen MR) is 142 cm³/mol. The Morgan fingerprint density at radius 3 is 1.81 bits per heavy atom. The van der Waals surface area contributed by atoms with Gasteiger partial charge in [0.05, 0.1) is 11.8 Å². The summed E-state index contributed by atoms with van der Waals surface area (Å²) in [6, 6.07) is 20.6. The minimum atomic E-state index is -1.22. The number of imide groups is 1. The molecule has 3 amide bonds. The van der Waals surface area contributed by atoms with E-state index in [2.05, 4.69) is 21.2 Å². The molecule has 4 aliphatic rings. The van der Waals surface area contributed by atoms with Crippen molar-refractivity contribution in [3.05, 3.63) is 99.0 Å². The van der Waals surface area contributed by atoms with Crippen molar-refractivity contribution in [1.29, 1.82) is 0 Å². The maximum atomic E-state index is 13.8. The van der Waals surface area contributed by atoms with Crippen molar-refractivity contribution in [1.82, 2.24) is 4.90 Å². The van der Waals surface area contributed by atoms with Gasteiger partial charge in [-0.2, -0.15) is 0 Å². The summed E-state index contributed by atoms with van der Waals surface area (Å²) < 4.78 is 0.912. The molecule has 0 unspecified atom stereocenters. The second-order valence-corrected chi connectivity index (χ2v) is 11.7. The maximum absolute atomic E-state index is 13.8. The lowest BCUT2D eigenvalue weighted by molar-refractivity contribution is -0.140. The Morgan fingerprint density at radius 2 is 1.36 bits per heavy atom. The number of carbonyl (C=O) groups excluding carboxylic acids is 3. The molecule has 5 nitrogen and oxygen atoms in total. The van der Waals surface area contributed by atoms with E-state index in [0.29, 0.717) is 5.69 Å². The Labute approximate surface area is 226 Å². The molecule has 0 radical (unpaired) electrons. The third-order valence-electron chi connectivity index (χ3n) is 7.70. The molecule has 182 valence electrons. The molecule has 0 spiro atoms. The lowest BCUT2D eigenvalue weighted by Gasteiger charge is -2.54. The molecule has 3 aliphatic carbocycles. The Hall–Kier alpha value is -2.67. The largest absolute Gasteiger partial charge is 0.326 e. The number of hydrogen-bond acceptors (Lipinski definition) is 3. The molecule has 8 heteroatoms. The van der Waals surface area contributed by atoms with Gasteiger partial charge in [0.2, 0.25) is 17.7 Å². The number of hydrogen-bond donors (Lipinski definition) is 1. The van der Waals surface area contributed by atoms with Crippen LogP contribution in [0.1, 0.15) is 34.2 Å². The van der Waals surface area contributed by atoms with Gasteiger partial charge in [0, 0.05) is 23.1 Å². The van der Waals surface area contributed by atoms with E-state index < -0.39 is 21.6 Å². The second kappa shape index (κ2) is 8.17. The van der Waals surface area contributed by atoms with Crippen LogP contribution in [-0.4, -0.2) is 29.2 Å². The summed E-state index contributed by atoms with van der Waals surface area (Å²) >= 11 is 18.2. The summed E-state index contributed by atoms with van der Waals surface area (Å²) in [6.45, 7) is 1.85. The van der Waals surface area contributed by atoms with E-state index in [0.717, 1.165) is 32.3 Å². The highest BCUT2D eigenvalue weighted by Crippen LogP contribution is 2.69. The van der Waals surface area contributed by atoms with Crippen LogP contribution in [0, 0.1) is 18.8 Å². The number of alkyl halides is 2. The van der Waals surface area contributed by atoms with Crippen molar-refractivity contribution in [3.8, 4) is 0 Å². The Morgan fingerprint density at radius 1 is 0.889 bits per heavy atom. The molecule has 3 aromatic carbocycles. The van der Waals surface area contributed by atoms with Crippen LogP contribution in [0.25, 0.3) is 0 Å². The predicted octanol–water partition coefficient (Wildman–Crippen LogP) is 5.68. The fourth-order valence-corrected chi connectivity index (χ4v) is 7.71. The van der Waals surface area contributed by atoms with E-state index in [1.54, 1.807) is 6.07 Å². The van der Waals surface area contributed by atoms with Crippen molar-refractivity contribution >= 4 is 62.5 Å². The normalized spacial score (nSPS) is 27.5. The van der Waals surface area contributed by atoms with E-state index in [1.807, 2.05) is 67.6 Å². The molecule has 0 aromatic heterocycles. The second-order valence-electron chi connectivity index (χ2n) is 9.56. The lowest BCUT2D eigenvalue weighted by Crippen LogP contribution is -2.57. The SMILES string of the molecule is Cc1cc(Br)ccc1NC(=O)CCN1C(=O)[C@@H]2[C@H](C1=O)C1(Cl)c3ccccc3C2(Cl)c2ccccc21. The minimum absolute atomic E-state index is 0.0309. The third-order valence-corrected chi connectivity index (χ3v) is 9.48. The van der Waals surface area contributed by atoms with Gasteiger partial charge < -0.3 is 5.32 Å². The zero-order valence-electron chi connectivity index (χ0n) is 19.2. The zero-order valence-corrected chi connectivity index (χ0v) is 22.3. The quantitative estimate of drug-likeness (QED) is 0.317. The number of rotatable bonds is 4. The van der Waals surface area contributed by atoms with Gasteiger partial charge in [-0.1, -0.05) is 64.5 Å². The molecule has 36 heavy (non-hydrogen) atoms. The highest BCUT2D eigenvalue weighted by Gasteiger charge is 2.72. The smallest absolute Gasteiger partial charge is 0.235 e. The van der Waals surface area contributed by atoms with Crippen LogP contribution >= 0.6 is 39.1 Å². The molecule has 1 N–H and O–H groups in total. The topological polar surface area (TPSA) is 66.5 Å². The van der Waals surface area contributed by atoms with Crippen LogP contribution in [0.15, 0.2) is 71.2 Å². The van der Waals surface area contributed by atoms with Crippen LogP contribution in [-0.2, 0) is 24.1 Å². The summed E-state index contributed by atoms with van der Waals surface area (Å²) in [4.78, 5) is 39.1. The highest BCUT2D eigenvalue weighted by atomic mass is 79.9. The van der Waals surface area contributed by atoms with Gasteiger partial charge >= 0.3 is 0 Å². The van der Waals surface area contributed by atoms with Gasteiger partial charge in [0.1, 0.15) is 9.75 Å². The van der Waals surface area contributed by atoms with Gasteiger partial charge in [-0.15, -0.1) is 23.2 Å². The van der Waals surface area contributed by atoms with Gasteiger partial charge in [-0.3, -0.25) is 19.3 Å². The maximum Gasteiger partial charge on any atom is 0.235 e. The van der Waals surface area contributed by atoms with Crippen molar-refractivity contribution in [2.45, 2.75) is 23.1 Å². The number of likely N-dealkylation sites (tertiary alicyclic amines) is 1. The molecule has 1 fully saturated rings. The average Bonchev–Trinajstić information content (AvgIpc) is 3.13. The Bertz CT molecular complexity index is 1350. The summed E-state index contributed by atoms with van der Waals surface area (Å²) in [6.07, 6.45) is -0.0309. The van der Waals surface area contributed by atoms with Crippen molar-refractivity contribution in [3.63, 3.8) is 0 Å². The molecule has 3 aromatic rings. The average molecular weight is 584 g/mol. The summed E-state index contributed by atoms with van der Waals surface area (Å²) in [5.74, 6) is -2.77. The lowest BCUT2D eigenvalue weighted by atomic mass is 9.54. The van der Waals surface area contributed by atoms with Crippen LogP contribution < -0.4 is 5.32 Å². The molecule has 1 heterocycles. The monoisotopic (exact) mass is 582 g/mol. The summed E-state index contributed by atoms with van der Waals surface area (Å²) in [5, 5.41) is 2.87. The Balaban J connectivity index is 1.33. The molecular weight excluding hydrogens is 563 g/mol. The number of nitrogens with zero attached hydrogens (tertiary/aromatic N) is 1. The number of anilines is 1. The van der Waals surface area contributed by atoms with E-state index in [4.69, 9.17) is 23.2 Å². The number of benzene rings is 3. The fourth-order valence-electron chi connectivity index (χ4n) is 6.14. The molecule has 0 saturated carbocycles. The van der Waals surface area contributed by atoms with E-state index >= 15 is 0 Å². The number of halogens is 3. The molecule has 1 saturated heterocycles. The van der Waals surface area contributed by atoms with Gasteiger partial charge in [-0.05, 0) is 52.9 Å². The highest BCUT2D eigenvalue weighted by molar-refractivity contribution is 9.10. The molecule has 2 atom stereocenters. The third kappa shape index (κ3) is 3.04. The first kappa shape index (κ1) is 23.7. The molecular formula is C28H21BrCl2N2O3. The molecule has 1 aliphatic heterocycles. The molecule has 2 bridgehead atoms. The Kier molecular flexibility index (Phi) is 5.38. The van der Waals surface area contributed by atoms with Crippen LogP contribution in [0.2, 0.25) is 0 Å². The van der Waals surface area contributed by atoms with Crippen LogP contribution in [0.4, 0.5) is 5.69 Å². The number of nitrogens with one attached hydrogen (secondary N) is 1. The summed E-state index contributed by atoms with van der Waals surface area (Å²) in [5.41, 5.74) is 4.61. The zero-order chi connectivity index (χ0) is 25.4. The van der Waals surface area contributed by atoms with Crippen molar-refractivity contribution < 1.29 is 14.4 Å². The van der Waals surface area contributed by atoms with Gasteiger partial charge in [0.25, 0.3) is 0 Å². The van der Waals surface area contributed by atoms with Crippen LogP contribution in [0.3, 0.4) is 0 Å². The van der Waals surface area contributed by atoms with Gasteiger partial charge in [-0.25, -0.2) is 0 Å². The number of amides is 3. The summed E-state index contributed by atoms with van der Waals surface area (Å²) in [7, 11) is 0. The van der Waals surface area contributed by atoms with E-state index in [-0.39, 0.29) is 30.7 Å². The van der Waals surface area contributed by atoms with Crippen molar-refractivity contribution in [2.75, 3.05) is 11.9 Å². The first-order valence-corrected chi connectivity index (χ1v) is 13.2. The first-order valence-electron chi connectivity index (χ1n) is 11.7. The fraction of sp³-hybridized carbons (Fsp3) is 0.250. The standard InChI is InChI=1S/C28H21BrCl2N2O3/c1-15-14-16(29)10-11-21(15)32-22(34)12-13-33-25(35)23-24(26(33)36)28(31)18-7-3-2-6-17(18)27(23,30)19-8-4-5-9-20(19)28/h2-11,14,23-24H,12-13H2,1H3,(H,32,34)/t23-,24+,27?,28?.